The molecule has 0 radical (unpaired) electrons. The number of nitro benzene ring substituents is 1. The summed E-state index contributed by atoms with van der Waals surface area (Å²) < 4.78 is 44.0. The molecule has 0 unspecified atom stereocenters. The van der Waals surface area contributed by atoms with Gasteiger partial charge in [-0.25, -0.2) is 0 Å². The Labute approximate surface area is 164 Å². The Morgan fingerprint density at radius 1 is 1.07 bits per heavy atom. The third-order valence-electron chi connectivity index (χ3n) is 4.56. The summed E-state index contributed by atoms with van der Waals surface area (Å²) in [6.07, 6.45) is -4.41. The first-order chi connectivity index (χ1) is 13.7. The zero-order chi connectivity index (χ0) is 21.0. The number of ether oxygens (including phenoxy) is 1. The summed E-state index contributed by atoms with van der Waals surface area (Å²) in [6.45, 7) is 1.19. The van der Waals surface area contributed by atoms with Crippen molar-refractivity contribution < 1.29 is 27.6 Å². The number of carbonyl (C=O) groups is 1. The highest BCUT2D eigenvalue weighted by Gasteiger charge is 2.31. The first-order valence-corrected chi connectivity index (χ1v) is 8.81. The van der Waals surface area contributed by atoms with Crippen LogP contribution < -0.4 is 9.64 Å². The van der Waals surface area contributed by atoms with Crippen LogP contribution in [0, 0.1) is 10.1 Å². The van der Waals surface area contributed by atoms with Crippen LogP contribution in [-0.4, -0.2) is 48.5 Å². The molecule has 29 heavy (non-hydrogen) atoms. The maximum absolute atomic E-state index is 12.9. The van der Waals surface area contributed by atoms with Gasteiger partial charge < -0.3 is 14.5 Å². The smallest absolute Gasteiger partial charge is 0.416 e. The molecule has 3 rings (SSSR count). The SMILES string of the molecule is O=C(COc1cccc([N+](=O)[O-])c1)N1CCN(c2cccc(C(F)(F)F)c2)CC1. The highest BCUT2D eigenvalue weighted by molar-refractivity contribution is 5.78. The van der Waals surface area contributed by atoms with Crippen LogP contribution in [0.5, 0.6) is 5.75 Å². The van der Waals surface area contributed by atoms with Gasteiger partial charge in [0.1, 0.15) is 5.75 Å². The van der Waals surface area contributed by atoms with Crippen molar-refractivity contribution in [3.05, 3.63) is 64.2 Å². The molecule has 7 nitrogen and oxygen atoms in total. The number of nitro groups is 1. The van der Waals surface area contributed by atoms with Gasteiger partial charge in [-0.1, -0.05) is 12.1 Å². The fourth-order valence-corrected chi connectivity index (χ4v) is 3.02. The fourth-order valence-electron chi connectivity index (χ4n) is 3.02. The second-order valence-electron chi connectivity index (χ2n) is 6.46. The van der Waals surface area contributed by atoms with Crippen LogP contribution in [0.1, 0.15) is 5.56 Å². The Morgan fingerprint density at radius 3 is 2.41 bits per heavy atom. The minimum absolute atomic E-state index is 0.135. The minimum atomic E-state index is -4.41. The maximum atomic E-state index is 12.9. The number of rotatable bonds is 5. The van der Waals surface area contributed by atoms with Crippen LogP contribution in [0.4, 0.5) is 24.5 Å². The van der Waals surface area contributed by atoms with Crippen LogP contribution in [0.3, 0.4) is 0 Å². The second-order valence-corrected chi connectivity index (χ2v) is 6.46. The number of hydrogen-bond donors (Lipinski definition) is 0. The number of halogens is 3. The summed E-state index contributed by atoms with van der Waals surface area (Å²) in [4.78, 5) is 25.9. The zero-order valence-corrected chi connectivity index (χ0v) is 15.3. The Morgan fingerprint density at radius 2 is 1.76 bits per heavy atom. The molecule has 10 heteroatoms. The van der Waals surface area contributed by atoms with Gasteiger partial charge in [-0.15, -0.1) is 0 Å². The molecule has 0 bridgehead atoms. The van der Waals surface area contributed by atoms with E-state index in [4.69, 9.17) is 4.74 Å². The fraction of sp³-hybridized carbons (Fsp3) is 0.316. The highest BCUT2D eigenvalue weighted by Crippen LogP contribution is 2.31. The van der Waals surface area contributed by atoms with Crippen molar-refractivity contribution in [1.82, 2.24) is 4.90 Å². The normalized spacial score (nSPS) is 14.6. The van der Waals surface area contributed by atoms with Crippen molar-refractivity contribution in [2.24, 2.45) is 0 Å². The lowest BCUT2D eigenvalue weighted by Gasteiger charge is -2.36. The van der Waals surface area contributed by atoms with Crippen LogP contribution >= 0.6 is 0 Å². The maximum Gasteiger partial charge on any atom is 0.416 e. The number of benzene rings is 2. The number of piperazine rings is 1. The molecule has 1 aliphatic rings. The largest absolute Gasteiger partial charge is 0.484 e. The number of alkyl halides is 3. The van der Waals surface area contributed by atoms with Crippen molar-refractivity contribution >= 4 is 17.3 Å². The van der Waals surface area contributed by atoms with E-state index in [-0.39, 0.29) is 24.0 Å². The Balaban J connectivity index is 1.53. The van der Waals surface area contributed by atoms with E-state index in [1.165, 1.54) is 30.3 Å². The quantitative estimate of drug-likeness (QED) is 0.559. The van der Waals surface area contributed by atoms with Gasteiger partial charge in [0.15, 0.2) is 6.61 Å². The standard InChI is InChI=1S/C19H18F3N3O4/c20-19(21,22)14-3-1-4-15(11-14)23-7-9-24(10-8-23)18(26)13-29-17-6-2-5-16(12-17)25(27)28/h1-6,11-12H,7-10,13H2. The van der Waals surface area contributed by atoms with E-state index in [9.17, 15) is 28.1 Å². The molecule has 0 spiro atoms. The number of hydrogen-bond acceptors (Lipinski definition) is 5. The van der Waals surface area contributed by atoms with E-state index >= 15 is 0 Å². The van der Waals surface area contributed by atoms with Crippen molar-refractivity contribution in [3.63, 3.8) is 0 Å². The lowest BCUT2D eigenvalue weighted by atomic mass is 10.1. The van der Waals surface area contributed by atoms with Gasteiger partial charge in [0, 0.05) is 37.9 Å². The van der Waals surface area contributed by atoms with E-state index < -0.39 is 16.7 Å². The summed E-state index contributed by atoms with van der Waals surface area (Å²) >= 11 is 0. The summed E-state index contributed by atoms with van der Waals surface area (Å²) in [5.41, 5.74) is -0.386. The summed E-state index contributed by atoms with van der Waals surface area (Å²) in [5, 5.41) is 10.8. The number of amides is 1. The van der Waals surface area contributed by atoms with Crippen LogP contribution in [-0.2, 0) is 11.0 Å². The molecule has 2 aromatic rings. The van der Waals surface area contributed by atoms with Crippen LogP contribution in [0.15, 0.2) is 48.5 Å². The summed E-state index contributed by atoms with van der Waals surface area (Å²) in [6, 6.07) is 10.6. The van der Waals surface area contributed by atoms with Crippen LogP contribution in [0.25, 0.3) is 0 Å². The Bertz CT molecular complexity index is 896. The monoisotopic (exact) mass is 409 g/mol. The molecule has 0 atom stereocenters. The third-order valence-corrected chi connectivity index (χ3v) is 4.56. The minimum Gasteiger partial charge on any atom is -0.484 e. The molecule has 1 aliphatic heterocycles. The number of anilines is 1. The van der Waals surface area contributed by atoms with Crippen molar-refractivity contribution in [3.8, 4) is 5.75 Å². The van der Waals surface area contributed by atoms with E-state index in [2.05, 4.69) is 0 Å². The second kappa shape index (κ2) is 8.38. The highest BCUT2D eigenvalue weighted by atomic mass is 19.4. The van der Waals surface area contributed by atoms with Crippen molar-refractivity contribution in [2.45, 2.75) is 6.18 Å². The molecule has 0 saturated carbocycles. The number of carbonyl (C=O) groups excluding carboxylic acids is 1. The third kappa shape index (κ3) is 5.15. The molecular weight excluding hydrogens is 391 g/mol. The summed E-state index contributed by atoms with van der Waals surface area (Å²) in [5.74, 6) is -0.0738. The van der Waals surface area contributed by atoms with Crippen LogP contribution in [0.2, 0.25) is 0 Å². The van der Waals surface area contributed by atoms with E-state index in [1.807, 2.05) is 0 Å². The summed E-state index contributed by atoms with van der Waals surface area (Å²) in [7, 11) is 0. The average molecular weight is 409 g/mol. The predicted molar refractivity (Wildman–Crippen MR) is 98.8 cm³/mol. The molecule has 1 heterocycles. The van der Waals surface area contributed by atoms with E-state index in [0.717, 1.165) is 12.1 Å². The first kappa shape index (κ1) is 20.4. The van der Waals surface area contributed by atoms with E-state index in [1.54, 1.807) is 15.9 Å². The molecular formula is C19H18F3N3O4. The number of nitrogens with zero attached hydrogens (tertiary/aromatic N) is 3. The van der Waals surface area contributed by atoms with Gasteiger partial charge in [-0.3, -0.25) is 14.9 Å². The van der Waals surface area contributed by atoms with Gasteiger partial charge in [0.2, 0.25) is 0 Å². The molecule has 1 fully saturated rings. The first-order valence-electron chi connectivity index (χ1n) is 8.81. The van der Waals surface area contributed by atoms with Gasteiger partial charge in [-0.05, 0) is 24.3 Å². The molecule has 1 amide bonds. The topological polar surface area (TPSA) is 75.9 Å². The van der Waals surface area contributed by atoms with E-state index in [0.29, 0.717) is 31.9 Å². The van der Waals surface area contributed by atoms with Gasteiger partial charge in [-0.2, -0.15) is 13.2 Å². The lowest BCUT2D eigenvalue weighted by molar-refractivity contribution is -0.384. The predicted octanol–water partition coefficient (Wildman–Crippen LogP) is 3.34. The van der Waals surface area contributed by atoms with Crippen molar-refractivity contribution in [1.29, 1.82) is 0 Å². The average Bonchev–Trinajstić information content (AvgIpc) is 2.72. The van der Waals surface area contributed by atoms with Crippen molar-refractivity contribution in [2.75, 3.05) is 37.7 Å². The molecule has 2 aromatic carbocycles. The van der Waals surface area contributed by atoms with Gasteiger partial charge in [0.05, 0.1) is 16.6 Å². The zero-order valence-electron chi connectivity index (χ0n) is 15.3. The molecule has 1 saturated heterocycles. The molecule has 0 N–H and O–H groups in total. The Kier molecular flexibility index (Phi) is 5.90. The molecule has 0 aromatic heterocycles. The molecule has 154 valence electrons. The molecule has 0 aliphatic carbocycles. The number of non-ortho nitro benzene ring substituents is 1. The lowest BCUT2D eigenvalue weighted by Crippen LogP contribution is -2.50. The van der Waals surface area contributed by atoms with Gasteiger partial charge in [0.25, 0.3) is 11.6 Å². The van der Waals surface area contributed by atoms with Gasteiger partial charge >= 0.3 is 6.18 Å². The Hall–Kier alpha value is -3.30.